The summed E-state index contributed by atoms with van der Waals surface area (Å²) in [5.41, 5.74) is 1.59. The Hall–Kier alpha value is -3.83. The number of carboxylic acid groups (broad SMARTS) is 1. The highest BCUT2D eigenvalue weighted by atomic mass is 19.4. The normalized spacial score (nSPS) is 13.1. The lowest BCUT2D eigenvalue weighted by Gasteiger charge is -2.25. The van der Waals surface area contributed by atoms with Gasteiger partial charge in [-0.05, 0) is 18.2 Å². The van der Waals surface area contributed by atoms with Crippen LogP contribution >= 0.6 is 0 Å². The lowest BCUT2D eigenvalue weighted by atomic mass is 10.1. The van der Waals surface area contributed by atoms with Crippen LogP contribution in [0.1, 0.15) is 27.6 Å². The van der Waals surface area contributed by atoms with Gasteiger partial charge in [0, 0.05) is 30.8 Å². The number of hydrogen-bond acceptors (Lipinski definition) is 7. The van der Waals surface area contributed by atoms with Crippen LogP contribution in [-0.2, 0) is 24.4 Å². The molecule has 1 N–H and O–H groups in total. The first-order chi connectivity index (χ1) is 14.8. The smallest absolute Gasteiger partial charge is 0.475 e. The fraction of sp³-hybridized carbons (Fsp3) is 0.263. The van der Waals surface area contributed by atoms with E-state index < -0.39 is 12.1 Å². The standard InChI is InChI=1S/C17H15N3O4.C2HF3O2/c21-17(15-4-3-9-22-15)20-8-6-14-12(10-20)13(19-24-14)11-23-16-5-1-2-7-18-16;3-2(4,5)1(6)7/h1-5,7,9H,6,8,10-11H2;(H,6,7). The van der Waals surface area contributed by atoms with Crippen molar-refractivity contribution in [2.45, 2.75) is 25.7 Å². The molecule has 0 saturated carbocycles. The number of alkyl halides is 3. The van der Waals surface area contributed by atoms with E-state index >= 15 is 0 Å². The van der Waals surface area contributed by atoms with Crippen LogP contribution in [0.5, 0.6) is 5.88 Å². The zero-order valence-corrected chi connectivity index (χ0v) is 15.8. The number of carbonyl (C=O) groups is 2. The molecule has 4 heterocycles. The van der Waals surface area contributed by atoms with Crippen LogP contribution in [0.25, 0.3) is 0 Å². The molecule has 0 bridgehead atoms. The predicted octanol–water partition coefficient (Wildman–Crippen LogP) is 3.07. The third-order valence-electron chi connectivity index (χ3n) is 4.16. The number of fused-ring (bicyclic) bond motifs is 1. The van der Waals surface area contributed by atoms with Crippen LogP contribution in [0, 0.1) is 0 Å². The van der Waals surface area contributed by atoms with Gasteiger partial charge >= 0.3 is 12.1 Å². The lowest BCUT2D eigenvalue weighted by Crippen LogP contribution is -2.35. The molecule has 9 nitrogen and oxygen atoms in total. The molecule has 164 valence electrons. The Labute approximate surface area is 173 Å². The minimum atomic E-state index is -5.08. The monoisotopic (exact) mass is 439 g/mol. The summed E-state index contributed by atoms with van der Waals surface area (Å²) in [6, 6.07) is 8.82. The highest BCUT2D eigenvalue weighted by Gasteiger charge is 2.38. The molecule has 0 radical (unpaired) electrons. The third kappa shape index (κ3) is 5.62. The number of nitrogens with zero attached hydrogens (tertiary/aromatic N) is 3. The fourth-order valence-corrected chi connectivity index (χ4v) is 2.68. The Balaban J connectivity index is 0.000000339. The van der Waals surface area contributed by atoms with Gasteiger partial charge in [-0.2, -0.15) is 13.2 Å². The van der Waals surface area contributed by atoms with Crippen molar-refractivity contribution in [3.05, 3.63) is 65.6 Å². The minimum Gasteiger partial charge on any atom is -0.475 e. The highest BCUT2D eigenvalue weighted by Crippen LogP contribution is 2.24. The first-order valence-electron chi connectivity index (χ1n) is 8.88. The maximum absolute atomic E-state index is 12.4. The Morgan fingerprint density at radius 3 is 2.61 bits per heavy atom. The van der Waals surface area contributed by atoms with Gasteiger partial charge in [0.1, 0.15) is 18.1 Å². The van der Waals surface area contributed by atoms with Crippen LogP contribution in [0.4, 0.5) is 13.2 Å². The van der Waals surface area contributed by atoms with E-state index in [2.05, 4.69) is 10.1 Å². The summed E-state index contributed by atoms with van der Waals surface area (Å²) >= 11 is 0. The van der Waals surface area contributed by atoms with Gasteiger partial charge < -0.3 is 23.7 Å². The maximum Gasteiger partial charge on any atom is 0.490 e. The molecule has 0 aliphatic carbocycles. The molecule has 3 aromatic heterocycles. The summed E-state index contributed by atoms with van der Waals surface area (Å²) in [6.45, 7) is 1.25. The second-order valence-corrected chi connectivity index (χ2v) is 6.24. The Kier molecular flexibility index (Phi) is 6.58. The minimum absolute atomic E-state index is 0.136. The topological polar surface area (TPSA) is 119 Å². The van der Waals surface area contributed by atoms with Gasteiger partial charge in [-0.15, -0.1) is 0 Å². The average Bonchev–Trinajstić information content (AvgIpc) is 3.42. The third-order valence-corrected chi connectivity index (χ3v) is 4.16. The fourth-order valence-electron chi connectivity index (χ4n) is 2.68. The molecule has 1 aliphatic rings. The zero-order chi connectivity index (χ0) is 22.4. The van der Waals surface area contributed by atoms with Gasteiger partial charge in [0.2, 0.25) is 5.88 Å². The molecule has 1 aliphatic heterocycles. The summed E-state index contributed by atoms with van der Waals surface area (Å²) in [4.78, 5) is 27.2. The largest absolute Gasteiger partial charge is 0.490 e. The molecule has 0 fully saturated rings. The lowest BCUT2D eigenvalue weighted by molar-refractivity contribution is -0.192. The number of halogens is 3. The number of carbonyl (C=O) groups excluding carboxylic acids is 1. The SMILES string of the molecule is O=C(O)C(F)(F)F.O=C(c1ccco1)N1CCc2onc(COc3ccccn3)c2C1. The predicted molar refractivity (Wildman–Crippen MR) is 95.9 cm³/mol. The highest BCUT2D eigenvalue weighted by molar-refractivity contribution is 5.91. The number of aliphatic carboxylic acids is 1. The Morgan fingerprint density at radius 1 is 1.23 bits per heavy atom. The van der Waals surface area contributed by atoms with E-state index in [1.807, 2.05) is 12.1 Å². The number of aromatic nitrogens is 2. The summed E-state index contributed by atoms with van der Waals surface area (Å²) in [5, 5.41) is 11.2. The van der Waals surface area contributed by atoms with E-state index in [1.165, 1.54) is 6.26 Å². The van der Waals surface area contributed by atoms with Gasteiger partial charge in [-0.1, -0.05) is 11.2 Å². The van der Waals surface area contributed by atoms with E-state index in [0.29, 0.717) is 36.8 Å². The molecular weight excluding hydrogens is 423 g/mol. The van der Waals surface area contributed by atoms with E-state index in [9.17, 15) is 18.0 Å². The van der Waals surface area contributed by atoms with Crippen LogP contribution in [0.3, 0.4) is 0 Å². The summed E-state index contributed by atoms with van der Waals surface area (Å²) in [5.74, 6) is -1.23. The number of ether oxygens (including phenoxy) is 1. The summed E-state index contributed by atoms with van der Waals surface area (Å²) < 4.78 is 47.9. The summed E-state index contributed by atoms with van der Waals surface area (Å²) in [6.07, 6.45) is -1.30. The van der Waals surface area contributed by atoms with Crippen LogP contribution in [0.2, 0.25) is 0 Å². The Morgan fingerprint density at radius 2 is 2.00 bits per heavy atom. The number of rotatable bonds is 4. The number of furan rings is 1. The molecule has 12 heteroatoms. The van der Waals surface area contributed by atoms with Crippen molar-refractivity contribution in [2.75, 3.05) is 6.54 Å². The van der Waals surface area contributed by atoms with Gasteiger partial charge in [-0.25, -0.2) is 9.78 Å². The molecule has 0 unspecified atom stereocenters. The van der Waals surface area contributed by atoms with Crippen molar-refractivity contribution in [3.63, 3.8) is 0 Å². The van der Waals surface area contributed by atoms with Gasteiger partial charge in [0.05, 0.1) is 12.8 Å². The average molecular weight is 439 g/mol. The molecule has 1 amide bonds. The van der Waals surface area contributed by atoms with Crippen molar-refractivity contribution >= 4 is 11.9 Å². The van der Waals surface area contributed by atoms with Crippen LogP contribution in [0.15, 0.2) is 51.7 Å². The first kappa shape index (κ1) is 21.9. The quantitative estimate of drug-likeness (QED) is 0.659. The molecule has 0 saturated heterocycles. The first-order valence-corrected chi connectivity index (χ1v) is 8.88. The molecule has 3 aromatic rings. The molecule has 0 atom stereocenters. The van der Waals surface area contributed by atoms with Crippen molar-refractivity contribution in [1.29, 1.82) is 0 Å². The number of carboxylic acids is 1. The molecule has 0 spiro atoms. The van der Waals surface area contributed by atoms with E-state index in [4.69, 9.17) is 23.6 Å². The number of amides is 1. The molecule has 0 aromatic carbocycles. The molecule has 4 rings (SSSR count). The maximum atomic E-state index is 12.4. The van der Waals surface area contributed by atoms with Crippen molar-refractivity contribution in [1.82, 2.24) is 15.0 Å². The zero-order valence-electron chi connectivity index (χ0n) is 15.8. The van der Waals surface area contributed by atoms with Gasteiger partial charge in [0.15, 0.2) is 5.76 Å². The second-order valence-electron chi connectivity index (χ2n) is 6.24. The van der Waals surface area contributed by atoms with Gasteiger partial charge in [-0.3, -0.25) is 4.79 Å². The van der Waals surface area contributed by atoms with Crippen molar-refractivity contribution in [3.8, 4) is 5.88 Å². The van der Waals surface area contributed by atoms with Crippen LogP contribution in [-0.4, -0.2) is 44.7 Å². The second kappa shape index (κ2) is 9.32. The van der Waals surface area contributed by atoms with E-state index in [-0.39, 0.29) is 12.5 Å². The molecule has 31 heavy (non-hydrogen) atoms. The Bertz CT molecular complexity index is 1020. The van der Waals surface area contributed by atoms with Crippen LogP contribution < -0.4 is 4.74 Å². The van der Waals surface area contributed by atoms with Crippen molar-refractivity contribution in [2.24, 2.45) is 0 Å². The van der Waals surface area contributed by atoms with E-state index in [1.54, 1.807) is 29.3 Å². The molecular formula is C19H16F3N3O6. The number of pyridine rings is 1. The van der Waals surface area contributed by atoms with Gasteiger partial charge in [0.25, 0.3) is 5.91 Å². The number of hydrogen-bond donors (Lipinski definition) is 1. The van der Waals surface area contributed by atoms with E-state index in [0.717, 1.165) is 11.3 Å². The summed E-state index contributed by atoms with van der Waals surface area (Å²) in [7, 11) is 0. The van der Waals surface area contributed by atoms with Crippen molar-refractivity contribution < 1.29 is 41.5 Å².